The molecule has 7 nitrogen and oxygen atoms in total. The number of carbonyl (C=O) groups is 3. The summed E-state index contributed by atoms with van der Waals surface area (Å²) in [7, 11) is 0. The molecule has 1 unspecified atom stereocenters. The zero-order valence-electron chi connectivity index (χ0n) is 19.1. The van der Waals surface area contributed by atoms with Crippen LogP contribution in [0.1, 0.15) is 55.4 Å². The van der Waals surface area contributed by atoms with Crippen molar-refractivity contribution < 1.29 is 19.1 Å². The third kappa shape index (κ3) is 5.73. The van der Waals surface area contributed by atoms with E-state index in [1.807, 2.05) is 51.1 Å². The smallest absolute Gasteiger partial charge is 0.355 e. The fraction of sp³-hybridized carbons (Fsp3) is 0.320. The normalized spacial score (nSPS) is 12.3. The Labute approximate surface area is 198 Å². The molecule has 0 radical (unpaired) electrons. The topological polar surface area (TPSA) is 91.5 Å². The number of aromatic nitrogens is 1. The lowest BCUT2D eigenvalue weighted by atomic mass is 9.98. The van der Waals surface area contributed by atoms with Crippen molar-refractivity contribution in [2.45, 2.75) is 45.8 Å². The summed E-state index contributed by atoms with van der Waals surface area (Å²) in [5.41, 5.74) is 1.34. The quantitative estimate of drug-likeness (QED) is 0.372. The van der Waals surface area contributed by atoms with Crippen LogP contribution in [0, 0.1) is 0 Å². The van der Waals surface area contributed by atoms with Crippen molar-refractivity contribution in [1.29, 1.82) is 0 Å². The van der Waals surface area contributed by atoms with Crippen LogP contribution in [0.5, 0.6) is 0 Å². The molecular formula is C25H28ClN3O4. The number of esters is 1. The first-order valence-corrected chi connectivity index (χ1v) is 11.1. The van der Waals surface area contributed by atoms with Gasteiger partial charge in [-0.05, 0) is 45.4 Å². The average molecular weight is 470 g/mol. The van der Waals surface area contributed by atoms with E-state index in [9.17, 15) is 14.4 Å². The molecule has 0 fully saturated rings. The lowest BCUT2D eigenvalue weighted by Gasteiger charge is -2.31. The predicted octanol–water partition coefficient (Wildman–Crippen LogP) is 4.61. The third-order valence-electron chi connectivity index (χ3n) is 4.98. The Morgan fingerprint density at radius 3 is 2.48 bits per heavy atom. The number of nitrogens with one attached hydrogen (secondary N) is 2. The van der Waals surface area contributed by atoms with Gasteiger partial charge in [0, 0.05) is 33.6 Å². The Bertz CT molecular complexity index is 1150. The van der Waals surface area contributed by atoms with Crippen LogP contribution in [-0.4, -0.2) is 40.3 Å². The van der Waals surface area contributed by atoms with Gasteiger partial charge in [-0.1, -0.05) is 48.0 Å². The number of aromatic amines is 1. The number of ether oxygens (including phenoxy) is 1. The highest BCUT2D eigenvalue weighted by molar-refractivity contribution is 6.31. The number of carbonyl (C=O) groups excluding carboxylic acids is 3. The molecule has 174 valence electrons. The minimum Gasteiger partial charge on any atom is -0.461 e. The SMILES string of the molecule is CCOC(=O)c1[nH]c2cc(Cl)ccc2c1C(C(=O)NC(C)(C)C)N(C=O)Cc1ccccc1. The molecule has 0 saturated heterocycles. The van der Waals surface area contributed by atoms with Gasteiger partial charge >= 0.3 is 5.97 Å². The zero-order chi connectivity index (χ0) is 24.2. The monoisotopic (exact) mass is 469 g/mol. The van der Waals surface area contributed by atoms with Gasteiger partial charge in [-0.15, -0.1) is 0 Å². The van der Waals surface area contributed by atoms with Crippen molar-refractivity contribution in [2.75, 3.05) is 6.61 Å². The Hall–Kier alpha value is -3.32. The van der Waals surface area contributed by atoms with E-state index in [0.717, 1.165) is 5.56 Å². The second-order valence-corrected chi connectivity index (χ2v) is 9.17. The maximum atomic E-state index is 13.6. The summed E-state index contributed by atoms with van der Waals surface area (Å²) in [5, 5.41) is 4.03. The van der Waals surface area contributed by atoms with Crippen molar-refractivity contribution in [1.82, 2.24) is 15.2 Å². The predicted molar refractivity (Wildman–Crippen MR) is 128 cm³/mol. The molecule has 2 N–H and O–H groups in total. The fourth-order valence-electron chi connectivity index (χ4n) is 3.71. The van der Waals surface area contributed by atoms with Crippen LogP contribution in [0.2, 0.25) is 5.02 Å². The molecule has 3 rings (SSSR count). The molecule has 1 aromatic heterocycles. The van der Waals surface area contributed by atoms with Gasteiger partial charge in [0.25, 0.3) is 0 Å². The van der Waals surface area contributed by atoms with Crippen LogP contribution >= 0.6 is 11.6 Å². The summed E-state index contributed by atoms with van der Waals surface area (Å²) >= 11 is 6.17. The fourth-order valence-corrected chi connectivity index (χ4v) is 3.88. The molecule has 2 amide bonds. The number of hydrogen-bond acceptors (Lipinski definition) is 4. The zero-order valence-corrected chi connectivity index (χ0v) is 19.9. The van der Waals surface area contributed by atoms with Gasteiger partial charge in [-0.3, -0.25) is 9.59 Å². The molecule has 3 aromatic rings. The Morgan fingerprint density at radius 1 is 1.18 bits per heavy atom. The van der Waals surface area contributed by atoms with Gasteiger partial charge < -0.3 is 19.9 Å². The summed E-state index contributed by atoms with van der Waals surface area (Å²) in [6.45, 7) is 7.60. The van der Waals surface area contributed by atoms with Crippen molar-refractivity contribution in [3.63, 3.8) is 0 Å². The molecule has 0 aliphatic rings. The molecule has 8 heteroatoms. The standard InChI is InChI=1S/C25H28ClN3O4/c1-5-33-24(32)21-20(18-12-11-17(26)13-19(18)27-21)22(23(31)28-25(2,3)4)29(15-30)14-16-9-7-6-8-10-16/h6-13,15,22,27H,5,14H2,1-4H3,(H,28,31). The van der Waals surface area contributed by atoms with E-state index in [-0.39, 0.29) is 18.8 Å². The van der Waals surface area contributed by atoms with E-state index >= 15 is 0 Å². The second-order valence-electron chi connectivity index (χ2n) is 8.73. The number of halogens is 1. The maximum Gasteiger partial charge on any atom is 0.355 e. The Balaban J connectivity index is 2.22. The number of rotatable bonds is 8. The van der Waals surface area contributed by atoms with Gasteiger partial charge in [0.15, 0.2) is 0 Å². The van der Waals surface area contributed by atoms with E-state index in [1.165, 1.54) is 4.90 Å². The van der Waals surface area contributed by atoms with Crippen LogP contribution in [0.3, 0.4) is 0 Å². The van der Waals surface area contributed by atoms with Crippen LogP contribution in [0.25, 0.3) is 10.9 Å². The molecular weight excluding hydrogens is 442 g/mol. The largest absolute Gasteiger partial charge is 0.461 e. The molecule has 0 aliphatic carbocycles. The lowest BCUT2D eigenvalue weighted by Crippen LogP contribution is -2.47. The van der Waals surface area contributed by atoms with Crippen LogP contribution in [0.15, 0.2) is 48.5 Å². The highest BCUT2D eigenvalue weighted by Crippen LogP contribution is 2.34. The minimum atomic E-state index is -1.09. The van der Waals surface area contributed by atoms with Gasteiger partial charge in [-0.25, -0.2) is 4.79 Å². The highest BCUT2D eigenvalue weighted by Gasteiger charge is 2.36. The van der Waals surface area contributed by atoms with Crippen LogP contribution in [0.4, 0.5) is 0 Å². The van der Waals surface area contributed by atoms with Crippen molar-refractivity contribution in [3.05, 3.63) is 70.4 Å². The molecule has 1 heterocycles. The first-order chi connectivity index (χ1) is 15.6. The summed E-state index contributed by atoms with van der Waals surface area (Å²) in [4.78, 5) is 43.2. The molecule has 1 atom stereocenters. The van der Waals surface area contributed by atoms with E-state index in [0.29, 0.717) is 27.9 Å². The first-order valence-electron chi connectivity index (χ1n) is 10.7. The number of nitrogens with zero attached hydrogens (tertiary/aromatic N) is 1. The van der Waals surface area contributed by atoms with Gasteiger partial charge in [0.1, 0.15) is 11.7 Å². The molecule has 0 bridgehead atoms. The molecule has 0 aliphatic heterocycles. The molecule has 0 spiro atoms. The Kier molecular flexibility index (Phi) is 7.43. The molecule has 0 saturated carbocycles. The van der Waals surface area contributed by atoms with Crippen LogP contribution < -0.4 is 5.32 Å². The van der Waals surface area contributed by atoms with Gasteiger partial charge in [0.2, 0.25) is 12.3 Å². The number of fused-ring (bicyclic) bond motifs is 1. The number of amides is 2. The van der Waals surface area contributed by atoms with Crippen molar-refractivity contribution in [3.8, 4) is 0 Å². The van der Waals surface area contributed by atoms with Crippen LogP contribution in [-0.2, 0) is 20.9 Å². The van der Waals surface area contributed by atoms with E-state index in [1.54, 1.807) is 25.1 Å². The maximum absolute atomic E-state index is 13.6. The van der Waals surface area contributed by atoms with Gasteiger partial charge in [-0.2, -0.15) is 0 Å². The summed E-state index contributed by atoms with van der Waals surface area (Å²) < 4.78 is 5.25. The average Bonchev–Trinajstić information content (AvgIpc) is 3.11. The number of H-pyrrole nitrogens is 1. The molecule has 33 heavy (non-hydrogen) atoms. The summed E-state index contributed by atoms with van der Waals surface area (Å²) in [6.07, 6.45) is 0.629. The molecule has 2 aromatic carbocycles. The lowest BCUT2D eigenvalue weighted by molar-refractivity contribution is -0.134. The first kappa shape index (κ1) is 24.3. The minimum absolute atomic E-state index is 0.114. The second kappa shape index (κ2) is 10.1. The Morgan fingerprint density at radius 2 is 1.88 bits per heavy atom. The third-order valence-corrected chi connectivity index (χ3v) is 5.21. The van der Waals surface area contributed by atoms with E-state index in [2.05, 4.69) is 10.3 Å². The van der Waals surface area contributed by atoms with E-state index < -0.39 is 23.5 Å². The van der Waals surface area contributed by atoms with Gasteiger partial charge in [0.05, 0.1) is 6.61 Å². The van der Waals surface area contributed by atoms with E-state index in [4.69, 9.17) is 16.3 Å². The highest BCUT2D eigenvalue weighted by atomic mass is 35.5. The van der Waals surface area contributed by atoms with Crippen molar-refractivity contribution >= 4 is 40.8 Å². The number of hydrogen-bond donors (Lipinski definition) is 2. The van der Waals surface area contributed by atoms with Crippen molar-refractivity contribution in [2.24, 2.45) is 0 Å². The summed E-state index contributed by atoms with van der Waals surface area (Å²) in [5.74, 6) is -1.02. The summed E-state index contributed by atoms with van der Waals surface area (Å²) in [6, 6.07) is 13.3. The number of benzene rings is 2.